The Hall–Kier alpha value is -0.660. The van der Waals surface area contributed by atoms with E-state index in [4.69, 9.17) is 5.11 Å². The molecule has 2 N–H and O–H groups in total. The fourth-order valence-corrected chi connectivity index (χ4v) is 3.46. The molecule has 1 aliphatic rings. The molecule has 0 aliphatic carbocycles. The molecule has 1 rings (SSSR count). The molecular formula is C10H20N2O4S. The second-order valence-corrected chi connectivity index (χ2v) is 6.64. The van der Waals surface area contributed by atoms with Crippen LogP contribution >= 0.6 is 0 Å². The van der Waals surface area contributed by atoms with E-state index in [1.165, 1.54) is 4.31 Å². The molecule has 0 aromatic heterocycles. The van der Waals surface area contributed by atoms with Gasteiger partial charge >= 0.3 is 5.97 Å². The van der Waals surface area contributed by atoms with Crippen molar-refractivity contribution >= 4 is 16.2 Å². The summed E-state index contributed by atoms with van der Waals surface area (Å²) in [6.45, 7) is 6.25. The molecule has 100 valence electrons. The average molecular weight is 264 g/mol. The monoisotopic (exact) mass is 264 g/mol. The summed E-state index contributed by atoms with van der Waals surface area (Å²) in [6.07, 6.45) is 0.820. The van der Waals surface area contributed by atoms with E-state index in [2.05, 4.69) is 4.72 Å². The smallest absolute Gasteiger partial charge is 0.322 e. The lowest BCUT2D eigenvalue weighted by Gasteiger charge is -2.22. The van der Waals surface area contributed by atoms with Gasteiger partial charge < -0.3 is 5.11 Å². The summed E-state index contributed by atoms with van der Waals surface area (Å²) in [7, 11) is -3.68. The van der Waals surface area contributed by atoms with Gasteiger partial charge in [-0.2, -0.15) is 17.4 Å². The molecule has 1 fully saturated rings. The van der Waals surface area contributed by atoms with Crippen LogP contribution in [-0.4, -0.2) is 42.9 Å². The molecule has 1 saturated heterocycles. The highest BCUT2D eigenvalue weighted by atomic mass is 32.2. The van der Waals surface area contributed by atoms with Crippen LogP contribution in [0.2, 0.25) is 0 Å². The number of aliphatic carboxylic acids is 1. The Kier molecular flexibility index (Phi) is 4.51. The number of nitrogens with one attached hydrogen (secondary N) is 1. The van der Waals surface area contributed by atoms with Crippen molar-refractivity contribution in [2.24, 2.45) is 11.8 Å². The molecule has 0 saturated carbocycles. The van der Waals surface area contributed by atoms with Crippen molar-refractivity contribution in [2.75, 3.05) is 13.1 Å². The molecule has 0 bridgehead atoms. The molecule has 1 aliphatic heterocycles. The highest BCUT2D eigenvalue weighted by Crippen LogP contribution is 2.18. The zero-order valence-electron chi connectivity index (χ0n) is 10.4. The lowest BCUT2D eigenvalue weighted by molar-refractivity contribution is -0.140. The Balaban J connectivity index is 2.74. The van der Waals surface area contributed by atoms with E-state index in [1.807, 2.05) is 6.92 Å². The number of hydrogen-bond acceptors (Lipinski definition) is 3. The molecule has 0 aromatic rings. The van der Waals surface area contributed by atoms with Crippen LogP contribution in [0.15, 0.2) is 0 Å². The summed E-state index contributed by atoms with van der Waals surface area (Å²) in [5, 5.41) is 8.96. The summed E-state index contributed by atoms with van der Waals surface area (Å²) in [5.74, 6) is -1.10. The summed E-state index contributed by atoms with van der Waals surface area (Å²) in [6, 6.07) is -1.07. The molecule has 1 heterocycles. The third kappa shape index (κ3) is 3.65. The van der Waals surface area contributed by atoms with Gasteiger partial charge in [-0.05, 0) is 18.3 Å². The van der Waals surface area contributed by atoms with Crippen molar-refractivity contribution in [3.8, 4) is 0 Å². The van der Waals surface area contributed by atoms with Crippen LogP contribution in [-0.2, 0) is 15.0 Å². The molecule has 0 aromatic carbocycles. The van der Waals surface area contributed by atoms with Crippen LogP contribution in [0.1, 0.15) is 27.2 Å². The van der Waals surface area contributed by atoms with Crippen LogP contribution in [0.3, 0.4) is 0 Å². The minimum absolute atomic E-state index is 0.290. The maximum absolute atomic E-state index is 11.9. The fraction of sp³-hybridized carbons (Fsp3) is 0.900. The van der Waals surface area contributed by atoms with Crippen LogP contribution in [0.25, 0.3) is 0 Å². The minimum Gasteiger partial charge on any atom is -0.480 e. The van der Waals surface area contributed by atoms with Crippen molar-refractivity contribution < 1.29 is 18.3 Å². The lowest BCUT2D eigenvalue weighted by Crippen LogP contribution is -2.49. The molecule has 0 radical (unpaired) electrons. The van der Waals surface area contributed by atoms with E-state index in [1.54, 1.807) is 13.8 Å². The maximum Gasteiger partial charge on any atom is 0.322 e. The van der Waals surface area contributed by atoms with Crippen molar-refractivity contribution in [1.82, 2.24) is 9.03 Å². The third-order valence-corrected chi connectivity index (χ3v) is 4.50. The van der Waals surface area contributed by atoms with Gasteiger partial charge in [-0.15, -0.1) is 0 Å². The largest absolute Gasteiger partial charge is 0.480 e. The predicted octanol–water partition coefficient (Wildman–Crippen LogP) is 0.272. The SMILES string of the molecule is CC1CCN(S(=O)(=O)N[C@H](C(=O)O)C(C)C)C1. The predicted molar refractivity (Wildman–Crippen MR) is 63.7 cm³/mol. The van der Waals surface area contributed by atoms with Crippen LogP contribution in [0.4, 0.5) is 0 Å². The van der Waals surface area contributed by atoms with Gasteiger partial charge in [0.1, 0.15) is 6.04 Å². The average Bonchev–Trinajstić information content (AvgIpc) is 2.61. The lowest BCUT2D eigenvalue weighted by atomic mass is 10.1. The second-order valence-electron chi connectivity index (χ2n) is 4.93. The quantitative estimate of drug-likeness (QED) is 0.746. The maximum atomic E-state index is 11.9. The highest BCUT2D eigenvalue weighted by molar-refractivity contribution is 7.87. The molecule has 0 spiro atoms. The van der Waals surface area contributed by atoms with E-state index in [0.29, 0.717) is 19.0 Å². The van der Waals surface area contributed by atoms with E-state index in [0.717, 1.165) is 6.42 Å². The second kappa shape index (κ2) is 5.32. The van der Waals surface area contributed by atoms with Gasteiger partial charge in [0.15, 0.2) is 0 Å². The molecule has 2 atom stereocenters. The molecule has 0 amide bonds. The van der Waals surface area contributed by atoms with Crippen molar-refractivity contribution in [1.29, 1.82) is 0 Å². The first-order valence-electron chi connectivity index (χ1n) is 5.74. The summed E-state index contributed by atoms with van der Waals surface area (Å²) >= 11 is 0. The highest BCUT2D eigenvalue weighted by Gasteiger charge is 2.34. The molecule has 7 heteroatoms. The Morgan fingerprint density at radius 1 is 1.47 bits per heavy atom. The first kappa shape index (κ1) is 14.4. The zero-order valence-corrected chi connectivity index (χ0v) is 11.2. The van der Waals surface area contributed by atoms with Crippen LogP contribution < -0.4 is 4.72 Å². The summed E-state index contributed by atoms with van der Waals surface area (Å²) < 4.78 is 27.5. The summed E-state index contributed by atoms with van der Waals surface area (Å²) in [4.78, 5) is 11.0. The first-order valence-corrected chi connectivity index (χ1v) is 7.18. The number of carboxylic acid groups (broad SMARTS) is 1. The Morgan fingerprint density at radius 2 is 2.06 bits per heavy atom. The third-order valence-electron chi connectivity index (χ3n) is 2.94. The van der Waals surface area contributed by atoms with Gasteiger partial charge in [0.25, 0.3) is 10.2 Å². The topological polar surface area (TPSA) is 86.7 Å². The van der Waals surface area contributed by atoms with Crippen molar-refractivity contribution in [3.63, 3.8) is 0 Å². The van der Waals surface area contributed by atoms with Gasteiger partial charge in [0.05, 0.1) is 0 Å². The first-order chi connectivity index (χ1) is 7.74. The normalized spacial score (nSPS) is 24.1. The fourth-order valence-electron chi connectivity index (χ4n) is 1.82. The molecule has 6 nitrogen and oxygen atoms in total. The van der Waals surface area contributed by atoms with Crippen LogP contribution in [0.5, 0.6) is 0 Å². The van der Waals surface area contributed by atoms with Crippen molar-refractivity contribution in [3.05, 3.63) is 0 Å². The zero-order chi connectivity index (χ0) is 13.2. The van der Waals surface area contributed by atoms with Crippen molar-refractivity contribution in [2.45, 2.75) is 33.2 Å². The molecular weight excluding hydrogens is 244 g/mol. The number of carbonyl (C=O) groups is 1. The van der Waals surface area contributed by atoms with E-state index in [9.17, 15) is 13.2 Å². The minimum atomic E-state index is -3.68. The van der Waals surface area contributed by atoms with Gasteiger partial charge in [-0.1, -0.05) is 20.8 Å². The van der Waals surface area contributed by atoms with E-state index in [-0.39, 0.29) is 5.92 Å². The van der Waals surface area contributed by atoms with Gasteiger partial charge in [0, 0.05) is 13.1 Å². The Morgan fingerprint density at radius 3 is 2.41 bits per heavy atom. The van der Waals surface area contributed by atoms with E-state index < -0.39 is 22.2 Å². The number of carboxylic acids is 1. The molecule has 17 heavy (non-hydrogen) atoms. The Bertz CT molecular complexity index is 380. The molecule has 1 unspecified atom stereocenters. The van der Waals surface area contributed by atoms with Gasteiger partial charge in [-0.25, -0.2) is 0 Å². The summed E-state index contributed by atoms with van der Waals surface area (Å²) in [5.41, 5.74) is 0. The standard InChI is InChI=1S/C10H20N2O4S/c1-7(2)9(10(13)14)11-17(15,16)12-5-4-8(3)6-12/h7-9,11H,4-6H2,1-3H3,(H,13,14)/t8?,9-/m0/s1. The number of hydrogen-bond donors (Lipinski definition) is 2. The number of rotatable bonds is 5. The van der Waals surface area contributed by atoms with E-state index >= 15 is 0 Å². The van der Waals surface area contributed by atoms with Gasteiger partial charge in [0.2, 0.25) is 0 Å². The number of nitrogens with zero attached hydrogens (tertiary/aromatic N) is 1. The van der Waals surface area contributed by atoms with Crippen LogP contribution in [0, 0.1) is 11.8 Å². The van der Waals surface area contributed by atoms with Gasteiger partial charge in [-0.3, -0.25) is 4.79 Å². The Labute approximate surface area is 102 Å².